The Bertz CT molecular complexity index is 454. The van der Waals surface area contributed by atoms with Crippen LogP contribution in [0.15, 0.2) is 18.2 Å². The summed E-state index contributed by atoms with van der Waals surface area (Å²) in [5.41, 5.74) is 2.50. The van der Waals surface area contributed by atoms with Gasteiger partial charge in [0.1, 0.15) is 0 Å². The van der Waals surface area contributed by atoms with Crippen LogP contribution in [0.2, 0.25) is 5.02 Å². The Labute approximate surface area is 127 Å². The van der Waals surface area contributed by atoms with Crippen LogP contribution in [-0.2, 0) is 0 Å². The van der Waals surface area contributed by atoms with Crippen LogP contribution >= 0.6 is 11.6 Å². The highest BCUT2D eigenvalue weighted by Gasteiger charge is 2.34. The Morgan fingerprint density at radius 2 is 2.05 bits per heavy atom. The van der Waals surface area contributed by atoms with E-state index in [9.17, 15) is 0 Å². The van der Waals surface area contributed by atoms with E-state index in [0.717, 1.165) is 17.0 Å². The maximum atomic E-state index is 6.05. The maximum Gasteiger partial charge on any atom is 0.0410 e. The first-order valence-corrected chi connectivity index (χ1v) is 8.38. The minimum Gasteiger partial charge on any atom is -0.382 e. The molecule has 2 fully saturated rings. The summed E-state index contributed by atoms with van der Waals surface area (Å²) in [6.45, 7) is 3.34. The maximum absolute atomic E-state index is 6.05. The van der Waals surface area contributed by atoms with Gasteiger partial charge in [-0.2, -0.15) is 0 Å². The number of halogens is 1. The quantitative estimate of drug-likeness (QED) is 0.864. The zero-order chi connectivity index (χ0) is 13.9. The molecular weight excluding hydrogens is 268 g/mol. The second kappa shape index (κ2) is 6.36. The lowest BCUT2D eigenvalue weighted by atomic mass is 9.88. The van der Waals surface area contributed by atoms with E-state index in [4.69, 9.17) is 11.6 Å². The first-order chi connectivity index (χ1) is 9.74. The number of nitrogens with one attached hydrogen (secondary N) is 2. The molecule has 3 atom stereocenters. The first-order valence-electron chi connectivity index (χ1n) is 8.00. The van der Waals surface area contributed by atoms with Gasteiger partial charge in [-0.05, 0) is 68.8 Å². The van der Waals surface area contributed by atoms with Crippen LogP contribution in [0, 0.1) is 12.8 Å². The smallest absolute Gasteiger partial charge is 0.0410 e. The summed E-state index contributed by atoms with van der Waals surface area (Å²) >= 11 is 6.05. The van der Waals surface area contributed by atoms with Crippen molar-refractivity contribution >= 4 is 17.3 Å². The lowest BCUT2D eigenvalue weighted by molar-refractivity contribution is 0.286. The van der Waals surface area contributed by atoms with Gasteiger partial charge in [0, 0.05) is 22.8 Å². The van der Waals surface area contributed by atoms with Crippen molar-refractivity contribution in [2.24, 2.45) is 5.92 Å². The molecule has 1 saturated heterocycles. The van der Waals surface area contributed by atoms with Crippen molar-refractivity contribution in [1.82, 2.24) is 5.32 Å². The van der Waals surface area contributed by atoms with Crippen LogP contribution in [-0.4, -0.2) is 18.6 Å². The summed E-state index contributed by atoms with van der Waals surface area (Å²) in [5.74, 6) is 0.783. The zero-order valence-electron chi connectivity index (χ0n) is 12.3. The van der Waals surface area contributed by atoms with Gasteiger partial charge in [-0.3, -0.25) is 0 Å². The van der Waals surface area contributed by atoms with Gasteiger partial charge < -0.3 is 10.6 Å². The molecule has 1 aliphatic heterocycles. The third-order valence-electron chi connectivity index (χ3n) is 4.96. The molecule has 2 N–H and O–H groups in total. The minimum absolute atomic E-state index is 0.616. The molecule has 1 aromatic rings. The van der Waals surface area contributed by atoms with Crippen LogP contribution in [0.25, 0.3) is 0 Å². The molecule has 1 aromatic carbocycles. The van der Waals surface area contributed by atoms with Crippen molar-refractivity contribution in [3.05, 3.63) is 28.8 Å². The second-order valence-corrected chi connectivity index (χ2v) is 6.80. The number of aryl methyl sites for hydroxylation is 1. The van der Waals surface area contributed by atoms with E-state index >= 15 is 0 Å². The molecule has 0 radical (unpaired) electrons. The largest absolute Gasteiger partial charge is 0.382 e. The van der Waals surface area contributed by atoms with Gasteiger partial charge in [-0.1, -0.05) is 24.4 Å². The van der Waals surface area contributed by atoms with E-state index in [1.54, 1.807) is 0 Å². The average Bonchev–Trinajstić information content (AvgIpc) is 2.91. The Balaban J connectivity index is 1.68. The van der Waals surface area contributed by atoms with Crippen LogP contribution in [0.5, 0.6) is 0 Å². The van der Waals surface area contributed by atoms with Gasteiger partial charge in [0.2, 0.25) is 0 Å². The van der Waals surface area contributed by atoms with E-state index in [0.29, 0.717) is 6.04 Å². The molecule has 110 valence electrons. The van der Waals surface area contributed by atoms with Gasteiger partial charge in [0.15, 0.2) is 0 Å². The molecule has 20 heavy (non-hydrogen) atoms. The Hall–Kier alpha value is -0.730. The number of hydrogen-bond donors (Lipinski definition) is 2. The monoisotopic (exact) mass is 292 g/mol. The van der Waals surface area contributed by atoms with Gasteiger partial charge in [-0.25, -0.2) is 0 Å². The molecule has 0 aromatic heterocycles. The normalized spacial score (nSPS) is 30.4. The van der Waals surface area contributed by atoms with E-state index in [1.807, 2.05) is 12.1 Å². The first kappa shape index (κ1) is 14.2. The standard InChI is InChI=1S/C17H25ClN2/c1-12-11-13(18)8-9-15(12)20-17-7-4-5-14(17)16-6-2-3-10-19-16/h8-9,11,14,16-17,19-20H,2-7,10H2,1H3. The van der Waals surface area contributed by atoms with Gasteiger partial charge in [-0.15, -0.1) is 0 Å². The molecule has 0 bridgehead atoms. The van der Waals surface area contributed by atoms with Gasteiger partial charge >= 0.3 is 0 Å². The minimum atomic E-state index is 0.616. The number of hydrogen-bond acceptors (Lipinski definition) is 2. The Morgan fingerprint density at radius 1 is 1.15 bits per heavy atom. The molecule has 3 unspecified atom stereocenters. The van der Waals surface area contributed by atoms with Gasteiger partial charge in [0.05, 0.1) is 0 Å². The molecule has 0 amide bonds. The average molecular weight is 293 g/mol. The number of piperidine rings is 1. The fourth-order valence-electron chi connectivity index (χ4n) is 3.88. The Kier molecular flexibility index (Phi) is 4.52. The van der Waals surface area contributed by atoms with Crippen molar-refractivity contribution in [3.63, 3.8) is 0 Å². The van der Waals surface area contributed by atoms with Crippen molar-refractivity contribution in [2.75, 3.05) is 11.9 Å². The summed E-state index contributed by atoms with van der Waals surface area (Å²) in [5, 5.41) is 8.35. The summed E-state index contributed by atoms with van der Waals surface area (Å²) < 4.78 is 0. The second-order valence-electron chi connectivity index (χ2n) is 6.36. The van der Waals surface area contributed by atoms with Crippen molar-refractivity contribution in [1.29, 1.82) is 0 Å². The van der Waals surface area contributed by atoms with Crippen LogP contribution in [0.1, 0.15) is 44.1 Å². The number of rotatable bonds is 3. The van der Waals surface area contributed by atoms with E-state index < -0.39 is 0 Å². The molecule has 1 aliphatic carbocycles. The van der Waals surface area contributed by atoms with E-state index in [1.165, 1.54) is 56.3 Å². The van der Waals surface area contributed by atoms with Crippen LogP contribution in [0.3, 0.4) is 0 Å². The summed E-state index contributed by atoms with van der Waals surface area (Å²) in [6.07, 6.45) is 8.10. The highest BCUT2D eigenvalue weighted by molar-refractivity contribution is 6.30. The predicted molar refractivity (Wildman–Crippen MR) is 86.6 cm³/mol. The molecule has 2 aliphatic rings. The zero-order valence-corrected chi connectivity index (χ0v) is 13.0. The fourth-order valence-corrected chi connectivity index (χ4v) is 4.11. The highest BCUT2D eigenvalue weighted by atomic mass is 35.5. The SMILES string of the molecule is Cc1cc(Cl)ccc1NC1CCCC1C1CCCCN1. The number of benzene rings is 1. The summed E-state index contributed by atoms with van der Waals surface area (Å²) in [4.78, 5) is 0. The molecule has 1 heterocycles. The topological polar surface area (TPSA) is 24.1 Å². The van der Waals surface area contributed by atoms with Crippen LogP contribution in [0.4, 0.5) is 5.69 Å². The number of anilines is 1. The molecule has 2 nitrogen and oxygen atoms in total. The lowest BCUT2D eigenvalue weighted by Crippen LogP contribution is -2.44. The van der Waals surface area contributed by atoms with Crippen LogP contribution < -0.4 is 10.6 Å². The van der Waals surface area contributed by atoms with Crippen molar-refractivity contribution in [2.45, 2.75) is 57.5 Å². The highest BCUT2D eigenvalue weighted by Crippen LogP contribution is 2.34. The molecule has 0 spiro atoms. The molecular formula is C17H25ClN2. The molecule has 1 saturated carbocycles. The van der Waals surface area contributed by atoms with Gasteiger partial charge in [0.25, 0.3) is 0 Å². The Morgan fingerprint density at radius 3 is 2.80 bits per heavy atom. The third kappa shape index (κ3) is 3.12. The molecule has 3 heteroatoms. The predicted octanol–water partition coefficient (Wildman–Crippen LogP) is 4.37. The third-order valence-corrected chi connectivity index (χ3v) is 5.20. The van der Waals surface area contributed by atoms with E-state index in [-0.39, 0.29) is 0 Å². The fraction of sp³-hybridized carbons (Fsp3) is 0.647. The molecule has 3 rings (SSSR count). The lowest BCUT2D eigenvalue weighted by Gasteiger charge is -2.33. The summed E-state index contributed by atoms with van der Waals surface area (Å²) in [7, 11) is 0. The van der Waals surface area contributed by atoms with Crippen molar-refractivity contribution < 1.29 is 0 Å². The van der Waals surface area contributed by atoms with E-state index in [2.05, 4.69) is 23.6 Å². The summed E-state index contributed by atoms with van der Waals surface area (Å²) in [6, 6.07) is 7.50. The van der Waals surface area contributed by atoms with Crippen molar-refractivity contribution in [3.8, 4) is 0 Å².